The molecule has 1 aromatic rings. The smallest absolute Gasteiger partial charge is 0.237 e. The van der Waals surface area contributed by atoms with Gasteiger partial charge in [-0.1, -0.05) is 20.3 Å². The Kier molecular flexibility index (Phi) is 4.75. The van der Waals surface area contributed by atoms with Crippen LogP contribution in [0, 0.1) is 5.92 Å². The first kappa shape index (κ1) is 15.0. The van der Waals surface area contributed by atoms with Gasteiger partial charge in [-0.2, -0.15) is 0 Å². The Bertz CT molecular complexity index is 470. The Morgan fingerprint density at radius 3 is 2.85 bits per heavy atom. The maximum atomic E-state index is 12.1. The van der Waals surface area contributed by atoms with E-state index in [9.17, 15) is 4.79 Å². The summed E-state index contributed by atoms with van der Waals surface area (Å²) in [7, 11) is 0. The molecule has 0 fully saturated rings. The Hall–Kier alpha value is -1.43. The predicted octanol–water partition coefficient (Wildman–Crippen LogP) is 1.16. The maximum absolute atomic E-state index is 12.1. The molecule has 3 unspecified atom stereocenters. The van der Waals surface area contributed by atoms with Crippen LogP contribution in [0.15, 0.2) is 0 Å². The van der Waals surface area contributed by atoms with Gasteiger partial charge in [-0.25, -0.2) is 0 Å². The average Bonchev–Trinajstić information content (AvgIpc) is 2.89. The number of rotatable bonds is 5. The van der Waals surface area contributed by atoms with Crippen LogP contribution in [0.4, 0.5) is 0 Å². The van der Waals surface area contributed by atoms with Crippen molar-refractivity contribution in [2.75, 3.05) is 0 Å². The molecule has 2 rings (SSSR count). The van der Waals surface area contributed by atoms with Gasteiger partial charge < -0.3 is 15.6 Å². The highest BCUT2D eigenvalue weighted by molar-refractivity contribution is 5.82. The summed E-state index contributed by atoms with van der Waals surface area (Å²) >= 11 is 0. The molecule has 20 heavy (non-hydrogen) atoms. The molecule has 6 heteroatoms. The molecule has 112 valence electrons. The van der Waals surface area contributed by atoms with Gasteiger partial charge >= 0.3 is 0 Å². The third kappa shape index (κ3) is 3.00. The van der Waals surface area contributed by atoms with Crippen molar-refractivity contribution in [1.82, 2.24) is 20.1 Å². The highest BCUT2D eigenvalue weighted by Crippen LogP contribution is 2.19. The van der Waals surface area contributed by atoms with E-state index >= 15 is 0 Å². The highest BCUT2D eigenvalue weighted by atomic mass is 16.2. The largest absolute Gasteiger partial charge is 0.345 e. The fourth-order valence-corrected chi connectivity index (χ4v) is 2.54. The van der Waals surface area contributed by atoms with Gasteiger partial charge in [0.05, 0.1) is 12.1 Å². The van der Waals surface area contributed by atoms with Gasteiger partial charge in [0, 0.05) is 13.0 Å². The number of carbonyl (C=O) groups is 1. The number of nitrogens with zero attached hydrogens (tertiary/aromatic N) is 3. The molecule has 2 heterocycles. The van der Waals surface area contributed by atoms with Gasteiger partial charge in [0.25, 0.3) is 0 Å². The first-order valence-corrected chi connectivity index (χ1v) is 7.52. The van der Waals surface area contributed by atoms with E-state index in [1.165, 1.54) is 0 Å². The van der Waals surface area contributed by atoms with Gasteiger partial charge in [-0.05, 0) is 25.7 Å². The van der Waals surface area contributed by atoms with Crippen LogP contribution < -0.4 is 11.1 Å². The summed E-state index contributed by atoms with van der Waals surface area (Å²) in [4.78, 5) is 12.1. The fraction of sp³-hybridized carbons (Fsp3) is 0.786. The second-order valence-electron chi connectivity index (χ2n) is 5.72. The lowest BCUT2D eigenvalue weighted by atomic mass is 9.99. The second-order valence-corrected chi connectivity index (χ2v) is 5.72. The van der Waals surface area contributed by atoms with E-state index in [2.05, 4.69) is 20.1 Å². The molecular weight excluding hydrogens is 254 g/mol. The van der Waals surface area contributed by atoms with E-state index < -0.39 is 6.04 Å². The summed E-state index contributed by atoms with van der Waals surface area (Å²) in [6.07, 6.45) is 4.17. The molecule has 0 saturated carbocycles. The lowest BCUT2D eigenvalue weighted by Crippen LogP contribution is -2.45. The third-order valence-corrected chi connectivity index (χ3v) is 4.19. The van der Waals surface area contributed by atoms with Crippen molar-refractivity contribution in [2.45, 2.75) is 65.1 Å². The Labute approximate surface area is 120 Å². The second kappa shape index (κ2) is 6.35. The van der Waals surface area contributed by atoms with E-state index in [1.54, 1.807) is 0 Å². The number of carbonyl (C=O) groups excluding carboxylic acids is 1. The van der Waals surface area contributed by atoms with Crippen molar-refractivity contribution in [3.8, 4) is 0 Å². The quantitative estimate of drug-likeness (QED) is 0.847. The first-order chi connectivity index (χ1) is 9.54. The Balaban J connectivity index is 2.03. The monoisotopic (exact) mass is 279 g/mol. The van der Waals surface area contributed by atoms with Gasteiger partial charge in [0.15, 0.2) is 5.82 Å². The third-order valence-electron chi connectivity index (χ3n) is 4.19. The predicted molar refractivity (Wildman–Crippen MR) is 76.9 cm³/mol. The van der Waals surface area contributed by atoms with Crippen molar-refractivity contribution < 1.29 is 4.79 Å². The maximum Gasteiger partial charge on any atom is 0.237 e. The van der Waals surface area contributed by atoms with Crippen LogP contribution >= 0.6 is 0 Å². The number of hydrogen-bond acceptors (Lipinski definition) is 4. The Morgan fingerprint density at radius 2 is 2.15 bits per heavy atom. The normalized spacial score (nSPS) is 19.0. The topological polar surface area (TPSA) is 85.8 Å². The summed E-state index contributed by atoms with van der Waals surface area (Å²) < 4.78 is 2.13. The van der Waals surface area contributed by atoms with Crippen LogP contribution in [0.1, 0.15) is 57.7 Å². The molecule has 0 aliphatic carbocycles. The zero-order chi connectivity index (χ0) is 14.7. The summed E-state index contributed by atoms with van der Waals surface area (Å²) in [6, 6.07) is -0.622. The summed E-state index contributed by atoms with van der Waals surface area (Å²) in [5, 5.41) is 11.4. The standard InChI is InChI=1S/C14H25N5O/c1-4-9(2)12(15)14(20)16-10(3)13-18-17-11-7-5-6-8-19(11)13/h9-10,12H,4-8,15H2,1-3H3,(H,16,20). The molecule has 0 bridgehead atoms. The molecule has 1 aromatic heterocycles. The van der Waals surface area contributed by atoms with Crippen LogP contribution in [-0.4, -0.2) is 26.7 Å². The number of amides is 1. The van der Waals surface area contributed by atoms with Crippen LogP contribution in [0.3, 0.4) is 0 Å². The summed E-state index contributed by atoms with van der Waals surface area (Å²) in [5.41, 5.74) is 5.96. The molecule has 0 aromatic carbocycles. The van der Waals surface area contributed by atoms with Crippen molar-refractivity contribution in [3.05, 3.63) is 11.6 Å². The van der Waals surface area contributed by atoms with E-state index in [0.717, 1.165) is 43.9 Å². The van der Waals surface area contributed by atoms with Crippen molar-refractivity contribution in [2.24, 2.45) is 11.7 Å². The molecular formula is C14H25N5O. The molecule has 0 radical (unpaired) electrons. The zero-order valence-corrected chi connectivity index (χ0v) is 12.6. The molecule has 1 aliphatic heterocycles. The minimum absolute atomic E-state index is 0.111. The highest BCUT2D eigenvalue weighted by Gasteiger charge is 2.25. The van der Waals surface area contributed by atoms with Crippen LogP contribution in [0.5, 0.6) is 0 Å². The number of nitrogens with one attached hydrogen (secondary N) is 1. The van der Waals surface area contributed by atoms with E-state index in [1.807, 2.05) is 20.8 Å². The Morgan fingerprint density at radius 1 is 1.40 bits per heavy atom. The molecule has 6 nitrogen and oxygen atoms in total. The number of aryl methyl sites for hydroxylation is 1. The number of fused-ring (bicyclic) bond motifs is 1. The molecule has 1 amide bonds. The SMILES string of the molecule is CCC(C)C(N)C(=O)NC(C)c1nnc2n1CCCC2. The minimum atomic E-state index is -0.466. The van der Waals surface area contributed by atoms with E-state index in [0.29, 0.717) is 0 Å². The number of hydrogen-bond donors (Lipinski definition) is 2. The number of aromatic nitrogens is 3. The van der Waals surface area contributed by atoms with Crippen molar-refractivity contribution in [3.63, 3.8) is 0 Å². The molecule has 0 spiro atoms. The van der Waals surface area contributed by atoms with Crippen molar-refractivity contribution >= 4 is 5.91 Å². The lowest BCUT2D eigenvalue weighted by molar-refractivity contribution is -0.124. The minimum Gasteiger partial charge on any atom is -0.345 e. The average molecular weight is 279 g/mol. The zero-order valence-electron chi connectivity index (χ0n) is 12.6. The van der Waals surface area contributed by atoms with Crippen LogP contribution in [0.2, 0.25) is 0 Å². The van der Waals surface area contributed by atoms with Gasteiger partial charge in [-0.3, -0.25) is 4.79 Å². The van der Waals surface area contributed by atoms with Gasteiger partial charge in [-0.15, -0.1) is 10.2 Å². The van der Waals surface area contributed by atoms with E-state index in [4.69, 9.17) is 5.73 Å². The summed E-state index contributed by atoms with van der Waals surface area (Å²) in [5.74, 6) is 1.93. The lowest BCUT2D eigenvalue weighted by Gasteiger charge is -2.22. The van der Waals surface area contributed by atoms with Gasteiger partial charge in [0.2, 0.25) is 5.91 Å². The van der Waals surface area contributed by atoms with E-state index in [-0.39, 0.29) is 17.9 Å². The number of nitrogens with two attached hydrogens (primary N) is 1. The first-order valence-electron chi connectivity index (χ1n) is 7.52. The fourth-order valence-electron chi connectivity index (χ4n) is 2.54. The van der Waals surface area contributed by atoms with Gasteiger partial charge in [0.1, 0.15) is 5.82 Å². The molecule has 3 N–H and O–H groups in total. The molecule has 1 aliphatic rings. The van der Waals surface area contributed by atoms with Crippen LogP contribution in [0.25, 0.3) is 0 Å². The molecule has 3 atom stereocenters. The van der Waals surface area contributed by atoms with Crippen molar-refractivity contribution in [1.29, 1.82) is 0 Å². The molecule has 0 saturated heterocycles. The summed E-state index contributed by atoms with van der Waals surface area (Å²) in [6.45, 7) is 6.91. The van der Waals surface area contributed by atoms with Crippen LogP contribution in [-0.2, 0) is 17.8 Å².